The van der Waals surface area contributed by atoms with Gasteiger partial charge in [-0.05, 0) is 6.07 Å². The van der Waals surface area contributed by atoms with Crippen molar-refractivity contribution in [3.63, 3.8) is 0 Å². The fraction of sp³-hybridized carbons (Fsp3) is 0.333. The van der Waals surface area contributed by atoms with Crippen LogP contribution in [0.1, 0.15) is 0 Å². The minimum Gasteiger partial charge on any atom is -0.423 e. The molecule has 0 heterocycles. The number of ether oxygens (including phenoxy) is 1. The van der Waals surface area contributed by atoms with Gasteiger partial charge >= 0.3 is 18.0 Å². The molecule has 0 fully saturated rings. The average Bonchev–Trinajstić information content (AvgIpc) is 2.25. The minimum atomic E-state index is -5.95. The van der Waals surface area contributed by atoms with E-state index in [1.165, 1.54) is 0 Å². The van der Waals surface area contributed by atoms with Gasteiger partial charge in [0.25, 0.3) is 6.17 Å². The quantitative estimate of drug-likeness (QED) is 0.485. The lowest BCUT2D eigenvalue weighted by Crippen LogP contribution is -2.45. The predicted molar refractivity (Wildman–Crippen MR) is 49.6 cm³/mol. The van der Waals surface area contributed by atoms with Crippen molar-refractivity contribution in [2.24, 2.45) is 0 Å². The van der Waals surface area contributed by atoms with E-state index < -0.39 is 40.6 Å². The first-order valence-electron chi connectivity index (χ1n) is 4.66. The summed E-state index contributed by atoms with van der Waals surface area (Å²) < 4.78 is 90.0. The molecular formula is C9H4F7NO3. The first-order chi connectivity index (χ1) is 8.95. The van der Waals surface area contributed by atoms with Gasteiger partial charge in [-0.2, -0.15) is 22.0 Å². The second kappa shape index (κ2) is 5.13. The normalized spacial score (nSPS) is 13.9. The Hall–Kier alpha value is -2.07. The van der Waals surface area contributed by atoms with Crippen LogP contribution in [0.4, 0.5) is 36.4 Å². The van der Waals surface area contributed by atoms with E-state index in [-0.39, 0.29) is 6.07 Å². The lowest BCUT2D eigenvalue weighted by Gasteiger charge is -2.22. The largest absolute Gasteiger partial charge is 0.439 e. The topological polar surface area (TPSA) is 52.4 Å². The van der Waals surface area contributed by atoms with E-state index >= 15 is 0 Å². The van der Waals surface area contributed by atoms with Crippen molar-refractivity contribution < 1.29 is 40.4 Å². The maximum Gasteiger partial charge on any atom is 0.439 e. The summed E-state index contributed by atoms with van der Waals surface area (Å²) in [5.74, 6) is -2.81. The summed E-state index contributed by atoms with van der Waals surface area (Å²) in [7, 11) is 0. The fourth-order valence-electron chi connectivity index (χ4n) is 1.11. The summed E-state index contributed by atoms with van der Waals surface area (Å²) in [4.78, 5) is 9.13. The lowest BCUT2D eigenvalue weighted by atomic mass is 10.3. The number of alkyl halides is 6. The molecule has 0 bridgehead atoms. The second-order valence-corrected chi connectivity index (χ2v) is 3.44. The van der Waals surface area contributed by atoms with Crippen molar-refractivity contribution in [3.05, 3.63) is 34.1 Å². The van der Waals surface area contributed by atoms with Crippen LogP contribution in [0.3, 0.4) is 0 Å². The molecule has 0 amide bonds. The molecular weight excluding hydrogens is 303 g/mol. The molecule has 0 saturated heterocycles. The van der Waals surface area contributed by atoms with Gasteiger partial charge in [-0.25, -0.2) is 8.78 Å². The minimum absolute atomic E-state index is 0.0507. The van der Waals surface area contributed by atoms with Crippen molar-refractivity contribution >= 4 is 5.69 Å². The van der Waals surface area contributed by atoms with Gasteiger partial charge in [-0.15, -0.1) is 0 Å². The SMILES string of the molecule is O=[N+]([O-])c1ccc(F)cc1OC(F)(F)C(F)C(F)(F)F. The Morgan fingerprint density at radius 1 is 1.20 bits per heavy atom. The zero-order valence-corrected chi connectivity index (χ0v) is 9.13. The predicted octanol–water partition coefficient (Wildman–Crippen LogP) is 3.61. The Labute approximate surface area is 105 Å². The molecule has 0 aliphatic rings. The Balaban J connectivity index is 3.15. The molecule has 1 aromatic rings. The highest BCUT2D eigenvalue weighted by Gasteiger charge is 2.59. The Kier molecular flexibility index (Phi) is 4.10. The number of hydrogen-bond acceptors (Lipinski definition) is 3. The molecule has 20 heavy (non-hydrogen) atoms. The van der Waals surface area contributed by atoms with E-state index in [2.05, 4.69) is 4.74 Å². The van der Waals surface area contributed by atoms with Gasteiger partial charge in [-0.3, -0.25) is 10.1 Å². The molecule has 0 aliphatic heterocycles. The number of nitrogens with zero attached hydrogens (tertiary/aromatic N) is 1. The molecule has 0 aromatic heterocycles. The van der Waals surface area contributed by atoms with Crippen LogP contribution in [0, 0.1) is 15.9 Å². The van der Waals surface area contributed by atoms with Crippen LogP contribution in [0.25, 0.3) is 0 Å². The van der Waals surface area contributed by atoms with Crippen molar-refractivity contribution in [1.29, 1.82) is 0 Å². The summed E-state index contributed by atoms with van der Waals surface area (Å²) >= 11 is 0. The van der Waals surface area contributed by atoms with E-state index in [4.69, 9.17) is 0 Å². The maximum absolute atomic E-state index is 12.9. The maximum atomic E-state index is 12.9. The Morgan fingerprint density at radius 2 is 1.75 bits per heavy atom. The summed E-state index contributed by atoms with van der Waals surface area (Å²) in [6, 6.07) is 0.941. The number of nitro groups is 1. The molecule has 112 valence electrons. The van der Waals surface area contributed by atoms with Gasteiger partial charge in [0.15, 0.2) is 0 Å². The van der Waals surface area contributed by atoms with Gasteiger partial charge in [-0.1, -0.05) is 0 Å². The lowest BCUT2D eigenvalue weighted by molar-refractivity contribution is -0.388. The first kappa shape index (κ1) is 16.0. The van der Waals surface area contributed by atoms with Crippen molar-refractivity contribution in [3.8, 4) is 5.75 Å². The van der Waals surface area contributed by atoms with Crippen LogP contribution in [0.5, 0.6) is 5.75 Å². The van der Waals surface area contributed by atoms with Gasteiger partial charge < -0.3 is 4.74 Å². The Bertz CT molecular complexity index is 517. The zero-order valence-electron chi connectivity index (χ0n) is 9.13. The number of hydrogen-bond donors (Lipinski definition) is 0. The molecule has 0 radical (unpaired) electrons. The van der Waals surface area contributed by atoms with Crippen LogP contribution in [-0.2, 0) is 0 Å². The molecule has 0 aliphatic carbocycles. The highest BCUT2D eigenvalue weighted by atomic mass is 19.4. The number of halogens is 7. The first-order valence-corrected chi connectivity index (χ1v) is 4.66. The highest BCUT2D eigenvalue weighted by Crippen LogP contribution is 2.39. The van der Waals surface area contributed by atoms with E-state index in [0.29, 0.717) is 12.1 Å². The monoisotopic (exact) mass is 307 g/mol. The zero-order chi connectivity index (χ0) is 15.7. The molecule has 0 spiro atoms. The molecule has 11 heteroatoms. The molecule has 1 unspecified atom stereocenters. The molecule has 0 saturated carbocycles. The van der Waals surface area contributed by atoms with Crippen LogP contribution >= 0.6 is 0 Å². The average molecular weight is 307 g/mol. The van der Waals surface area contributed by atoms with Gasteiger partial charge in [0.1, 0.15) is 5.82 Å². The third kappa shape index (κ3) is 3.48. The molecule has 1 rings (SSSR count). The molecule has 1 atom stereocenters. The van der Waals surface area contributed by atoms with E-state index in [1.54, 1.807) is 0 Å². The van der Waals surface area contributed by atoms with Crippen molar-refractivity contribution in [2.45, 2.75) is 18.5 Å². The summed E-state index contributed by atoms with van der Waals surface area (Å²) in [6.45, 7) is 0. The standard InChI is InChI=1S/C9H4F7NO3/c10-4-1-2-5(17(18)19)6(3-4)20-9(15,16)7(11)8(12,13)14/h1-3,7H. The number of benzene rings is 1. The summed E-state index contributed by atoms with van der Waals surface area (Å²) in [5, 5.41) is 10.4. The fourth-order valence-corrected chi connectivity index (χ4v) is 1.11. The number of rotatable bonds is 4. The highest BCUT2D eigenvalue weighted by molar-refractivity contribution is 5.46. The van der Waals surface area contributed by atoms with E-state index in [0.717, 1.165) is 0 Å². The van der Waals surface area contributed by atoms with Crippen molar-refractivity contribution in [2.75, 3.05) is 0 Å². The third-order valence-electron chi connectivity index (χ3n) is 1.95. The second-order valence-electron chi connectivity index (χ2n) is 3.44. The van der Waals surface area contributed by atoms with E-state index in [9.17, 15) is 40.8 Å². The third-order valence-corrected chi connectivity index (χ3v) is 1.95. The number of nitro benzene ring substituents is 1. The van der Waals surface area contributed by atoms with Crippen LogP contribution in [-0.4, -0.2) is 23.4 Å². The van der Waals surface area contributed by atoms with Crippen LogP contribution in [0.2, 0.25) is 0 Å². The smallest absolute Gasteiger partial charge is 0.423 e. The van der Waals surface area contributed by atoms with Gasteiger partial charge in [0.05, 0.1) is 4.92 Å². The van der Waals surface area contributed by atoms with E-state index in [1.807, 2.05) is 0 Å². The summed E-state index contributed by atoms with van der Waals surface area (Å²) in [6.07, 6.45) is -16.1. The van der Waals surface area contributed by atoms with Crippen molar-refractivity contribution in [1.82, 2.24) is 0 Å². The van der Waals surface area contributed by atoms with Gasteiger partial charge in [0.2, 0.25) is 5.75 Å². The molecule has 1 aromatic carbocycles. The molecule has 4 nitrogen and oxygen atoms in total. The molecule has 0 N–H and O–H groups in total. The van der Waals surface area contributed by atoms with Gasteiger partial charge in [0, 0.05) is 12.1 Å². The summed E-state index contributed by atoms with van der Waals surface area (Å²) in [5.41, 5.74) is -1.24. The Morgan fingerprint density at radius 3 is 2.20 bits per heavy atom. The van der Waals surface area contributed by atoms with Crippen LogP contribution < -0.4 is 4.74 Å². The van der Waals surface area contributed by atoms with Crippen LogP contribution in [0.15, 0.2) is 18.2 Å².